The number of amides is 1. The van der Waals surface area contributed by atoms with Gasteiger partial charge in [-0.15, -0.1) is 0 Å². The Balaban J connectivity index is 1.55. The second kappa shape index (κ2) is 9.56. The van der Waals surface area contributed by atoms with Gasteiger partial charge in [0.2, 0.25) is 0 Å². The molecule has 0 saturated heterocycles. The van der Waals surface area contributed by atoms with Crippen LogP contribution in [-0.2, 0) is 16.1 Å². The second-order valence-corrected chi connectivity index (χ2v) is 7.31. The number of hydrogen-bond acceptors (Lipinski definition) is 3. The summed E-state index contributed by atoms with van der Waals surface area (Å²) in [5.74, 6) is -0.118. The van der Waals surface area contributed by atoms with E-state index in [4.69, 9.17) is 4.74 Å². The number of carbonyl (C=O) groups is 1. The number of carbonyl (C=O) groups excluding carboxylic acids is 1. The van der Waals surface area contributed by atoms with Crippen LogP contribution in [0.4, 0.5) is 5.69 Å². The van der Waals surface area contributed by atoms with Crippen molar-refractivity contribution in [3.05, 3.63) is 65.7 Å². The van der Waals surface area contributed by atoms with Crippen molar-refractivity contribution in [2.24, 2.45) is 0 Å². The first-order valence-corrected chi connectivity index (χ1v) is 9.86. The van der Waals surface area contributed by atoms with E-state index in [0.29, 0.717) is 12.6 Å². The first-order valence-electron chi connectivity index (χ1n) is 9.86. The summed E-state index contributed by atoms with van der Waals surface area (Å²) in [5.41, 5.74) is 3.20. The maximum atomic E-state index is 12.5. The normalized spacial score (nSPS) is 15.9. The molecule has 0 spiro atoms. The molecule has 27 heavy (non-hydrogen) atoms. The van der Waals surface area contributed by atoms with Crippen molar-refractivity contribution in [3.8, 4) is 0 Å². The molecule has 0 aliphatic heterocycles. The molecule has 1 amide bonds. The highest BCUT2D eigenvalue weighted by atomic mass is 16.5. The number of methoxy groups -OCH3 is 1. The van der Waals surface area contributed by atoms with Crippen molar-refractivity contribution in [3.63, 3.8) is 0 Å². The van der Waals surface area contributed by atoms with Crippen LogP contribution in [-0.4, -0.2) is 26.1 Å². The van der Waals surface area contributed by atoms with Crippen LogP contribution in [0, 0.1) is 0 Å². The van der Waals surface area contributed by atoms with E-state index in [2.05, 4.69) is 41.5 Å². The molecule has 1 N–H and O–H groups in total. The van der Waals surface area contributed by atoms with E-state index in [1.807, 2.05) is 30.3 Å². The highest BCUT2D eigenvalue weighted by Gasteiger charge is 2.20. The third-order valence-corrected chi connectivity index (χ3v) is 5.51. The average Bonchev–Trinajstić information content (AvgIpc) is 2.74. The zero-order chi connectivity index (χ0) is 19.1. The molecule has 0 aromatic heterocycles. The van der Waals surface area contributed by atoms with E-state index in [1.165, 1.54) is 37.8 Å². The third-order valence-electron chi connectivity index (χ3n) is 5.51. The Morgan fingerprint density at radius 1 is 1.07 bits per heavy atom. The van der Waals surface area contributed by atoms with Crippen molar-refractivity contribution in [1.29, 1.82) is 0 Å². The molecule has 4 nitrogen and oxygen atoms in total. The molecule has 3 rings (SSSR count). The molecule has 1 aliphatic carbocycles. The van der Waals surface area contributed by atoms with Crippen molar-refractivity contribution in [2.45, 2.75) is 50.8 Å². The number of nitrogens with one attached hydrogen (secondary N) is 1. The first kappa shape index (κ1) is 19.4. The minimum Gasteiger partial charge on any atom is -0.372 e. The van der Waals surface area contributed by atoms with Gasteiger partial charge in [0.1, 0.15) is 0 Å². The van der Waals surface area contributed by atoms with Crippen molar-refractivity contribution >= 4 is 11.6 Å². The largest absolute Gasteiger partial charge is 0.372 e. The van der Waals surface area contributed by atoms with Crippen LogP contribution in [0.3, 0.4) is 0 Å². The lowest BCUT2D eigenvalue weighted by atomic mass is 9.94. The standard InChI is InChI=1S/C23H30N2O2/c1-25(20-11-7-4-8-12-20)21-15-13-18(14-16-21)17-24-23(26)22(27-2)19-9-5-3-6-10-19/h3,5-6,9-10,13-16,20,22H,4,7-8,11-12,17H2,1-2H3,(H,24,26). The Morgan fingerprint density at radius 3 is 2.37 bits per heavy atom. The zero-order valence-corrected chi connectivity index (χ0v) is 16.4. The molecule has 1 unspecified atom stereocenters. The van der Waals surface area contributed by atoms with Crippen molar-refractivity contribution < 1.29 is 9.53 Å². The average molecular weight is 367 g/mol. The molecule has 1 fully saturated rings. The number of hydrogen-bond donors (Lipinski definition) is 1. The molecule has 2 aromatic carbocycles. The summed E-state index contributed by atoms with van der Waals surface area (Å²) in [6.45, 7) is 0.499. The van der Waals surface area contributed by atoms with E-state index in [1.54, 1.807) is 7.11 Å². The summed E-state index contributed by atoms with van der Waals surface area (Å²) in [7, 11) is 3.75. The fraction of sp³-hybridized carbons (Fsp3) is 0.435. The van der Waals surface area contributed by atoms with Gasteiger partial charge in [-0.3, -0.25) is 4.79 Å². The molecule has 4 heteroatoms. The topological polar surface area (TPSA) is 41.6 Å². The molecular formula is C23H30N2O2. The van der Waals surface area contributed by atoms with Gasteiger partial charge in [0, 0.05) is 32.4 Å². The monoisotopic (exact) mass is 366 g/mol. The smallest absolute Gasteiger partial charge is 0.254 e. The third kappa shape index (κ3) is 5.10. The van der Waals surface area contributed by atoms with Crippen LogP contribution in [0.2, 0.25) is 0 Å². The van der Waals surface area contributed by atoms with Gasteiger partial charge in [-0.25, -0.2) is 0 Å². The van der Waals surface area contributed by atoms with Crippen molar-refractivity contribution in [2.75, 3.05) is 19.1 Å². The van der Waals surface area contributed by atoms with Crippen LogP contribution in [0.25, 0.3) is 0 Å². The zero-order valence-electron chi connectivity index (χ0n) is 16.4. The second-order valence-electron chi connectivity index (χ2n) is 7.31. The SMILES string of the molecule is COC(C(=O)NCc1ccc(N(C)C2CCCCC2)cc1)c1ccccc1. The van der Waals surface area contributed by atoms with Crippen LogP contribution in [0.15, 0.2) is 54.6 Å². The summed E-state index contributed by atoms with van der Waals surface area (Å²) < 4.78 is 5.39. The van der Waals surface area contributed by atoms with Gasteiger partial charge in [-0.2, -0.15) is 0 Å². The lowest BCUT2D eigenvalue weighted by Crippen LogP contribution is -2.33. The predicted octanol–water partition coefficient (Wildman–Crippen LogP) is 4.46. The molecule has 0 heterocycles. The maximum Gasteiger partial charge on any atom is 0.254 e. The Bertz CT molecular complexity index is 709. The molecule has 1 atom stereocenters. The summed E-state index contributed by atoms with van der Waals surface area (Å²) in [6.07, 6.45) is 6.03. The highest BCUT2D eigenvalue weighted by Crippen LogP contribution is 2.26. The lowest BCUT2D eigenvalue weighted by molar-refractivity contribution is -0.131. The summed E-state index contributed by atoms with van der Waals surface area (Å²) >= 11 is 0. The summed E-state index contributed by atoms with van der Waals surface area (Å²) in [5, 5.41) is 2.98. The fourth-order valence-corrected chi connectivity index (χ4v) is 3.83. The molecule has 0 bridgehead atoms. The van der Waals surface area contributed by atoms with Gasteiger partial charge in [0.05, 0.1) is 0 Å². The van der Waals surface area contributed by atoms with Gasteiger partial charge in [-0.05, 0) is 36.1 Å². The van der Waals surface area contributed by atoms with Crippen molar-refractivity contribution in [1.82, 2.24) is 5.32 Å². The minimum absolute atomic E-state index is 0.118. The number of ether oxygens (including phenoxy) is 1. The van der Waals surface area contributed by atoms with Gasteiger partial charge in [-0.1, -0.05) is 61.7 Å². The van der Waals surface area contributed by atoms with Gasteiger partial charge < -0.3 is 15.0 Å². The number of nitrogens with zero attached hydrogens (tertiary/aromatic N) is 1. The summed E-state index contributed by atoms with van der Waals surface area (Å²) in [6, 6.07) is 18.7. The number of rotatable bonds is 7. The Morgan fingerprint density at radius 2 is 1.74 bits per heavy atom. The molecule has 144 valence electrons. The molecule has 1 aliphatic rings. The molecule has 0 radical (unpaired) electrons. The van der Waals surface area contributed by atoms with E-state index in [0.717, 1.165) is 11.1 Å². The summed E-state index contributed by atoms with van der Waals surface area (Å²) in [4.78, 5) is 14.9. The number of benzene rings is 2. The van der Waals surface area contributed by atoms with E-state index in [9.17, 15) is 4.79 Å². The van der Waals surface area contributed by atoms with Gasteiger partial charge >= 0.3 is 0 Å². The predicted molar refractivity (Wildman–Crippen MR) is 110 cm³/mol. The lowest BCUT2D eigenvalue weighted by Gasteiger charge is -2.33. The minimum atomic E-state index is -0.581. The van der Waals surface area contributed by atoms with E-state index < -0.39 is 6.10 Å². The first-order chi connectivity index (χ1) is 13.2. The van der Waals surface area contributed by atoms with E-state index in [-0.39, 0.29) is 5.91 Å². The Kier molecular flexibility index (Phi) is 6.88. The van der Waals surface area contributed by atoms with Gasteiger partial charge in [0.25, 0.3) is 5.91 Å². The quantitative estimate of drug-likeness (QED) is 0.787. The molecule has 2 aromatic rings. The number of anilines is 1. The molecule has 1 saturated carbocycles. The maximum absolute atomic E-state index is 12.5. The van der Waals surface area contributed by atoms with Gasteiger partial charge in [0.15, 0.2) is 6.10 Å². The highest BCUT2D eigenvalue weighted by molar-refractivity contribution is 5.82. The Labute approximate surface area is 162 Å². The van der Waals surface area contributed by atoms with Crippen LogP contribution < -0.4 is 10.2 Å². The molecular weight excluding hydrogens is 336 g/mol. The van der Waals surface area contributed by atoms with E-state index >= 15 is 0 Å². The van der Waals surface area contributed by atoms with Crippen LogP contribution >= 0.6 is 0 Å². The van der Waals surface area contributed by atoms with Crippen LogP contribution in [0.5, 0.6) is 0 Å². The fourth-order valence-electron chi connectivity index (χ4n) is 3.83. The Hall–Kier alpha value is -2.33. The van der Waals surface area contributed by atoms with Crippen LogP contribution in [0.1, 0.15) is 49.3 Å².